The van der Waals surface area contributed by atoms with Crippen molar-refractivity contribution < 1.29 is 4.79 Å². The molecule has 0 fully saturated rings. The van der Waals surface area contributed by atoms with Crippen LogP contribution < -0.4 is 11.1 Å². The maximum Gasteiger partial charge on any atom is 0.242 e. The zero-order valence-corrected chi connectivity index (χ0v) is 13.1. The van der Waals surface area contributed by atoms with Gasteiger partial charge in [0.05, 0.1) is 6.04 Å². The number of nitrogens with zero attached hydrogens (tertiary/aromatic N) is 1. The summed E-state index contributed by atoms with van der Waals surface area (Å²) < 4.78 is 0. The number of likely N-dealkylation sites (N-methyl/N-ethyl adjacent to an activating group) is 1. The highest BCUT2D eigenvalue weighted by molar-refractivity contribution is 7.10. The monoisotopic (exact) mass is 303 g/mol. The van der Waals surface area contributed by atoms with Crippen molar-refractivity contribution in [1.82, 2.24) is 10.2 Å². The van der Waals surface area contributed by atoms with Gasteiger partial charge >= 0.3 is 0 Å². The fourth-order valence-corrected chi connectivity index (χ4v) is 2.87. The highest BCUT2D eigenvalue weighted by Crippen LogP contribution is 2.19. The van der Waals surface area contributed by atoms with Gasteiger partial charge in [0.1, 0.15) is 6.04 Å². The molecule has 21 heavy (non-hydrogen) atoms. The number of nitrogens with one attached hydrogen (secondary N) is 1. The second kappa shape index (κ2) is 7.36. The fourth-order valence-electron chi connectivity index (χ4n) is 2.14. The van der Waals surface area contributed by atoms with Gasteiger partial charge in [-0.3, -0.25) is 4.79 Å². The Morgan fingerprint density at radius 1 is 1.24 bits per heavy atom. The van der Waals surface area contributed by atoms with Crippen LogP contribution in [-0.2, 0) is 4.79 Å². The van der Waals surface area contributed by atoms with Crippen LogP contribution in [0.15, 0.2) is 47.8 Å². The van der Waals surface area contributed by atoms with E-state index < -0.39 is 6.04 Å². The second-order valence-electron chi connectivity index (χ2n) is 5.23. The molecule has 1 aromatic heterocycles. The van der Waals surface area contributed by atoms with Gasteiger partial charge in [0.2, 0.25) is 5.91 Å². The number of thiophene rings is 1. The lowest BCUT2D eigenvalue weighted by atomic mass is 10.1. The summed E-state index contributed by atoms with van der Waals surface area (Å²) in [6.45, 7) is 0.729. The molecule has 0 spiro atoms. The smallest absolute Gasteiger partial charge is 0.242 e. The van der Waals surface area contributed by atoms with Crippen LogP contribution in [0.5, 0.6) is 0 Å². The van der Waals surface area contributed by atoms with E-state index in [1.807, 2.05) is 61.9 Å². The third-order valence-electron chi connectivity index (χ3n) is 3.20. The van der Waals surface area contributed by atoms with Crippen molar-refractivity contribution in [2.24, 2.45) is 5.73 Å². The van der Waals surface area contributed by atoms with Crippen molar-refractivity contribution in [3.63, 3.8) is 0 Å². The summed E-state index contributed by atoms with van der Waals surface area (Å²) in [5, 5.41) is 4.98. The van der Waals surface area contributed by atoms with Gasteiger partial charge in [0, 0.05) is 11.4 Å². The minimum absolute atomic E-state index is 0.0697. The van der Waals surface area contributed by atoms with E-state index in [-0.39, 0.29) is 11.9 Å². The normalized spacial score (nSPS) is 13.9. The molecule has 1 heterocycles. The topological polar surface area (TPSA) is 58.4 Å². The molecule has 1 aromatic carbocycles. The van der Waals surface area contributed by atoms with Crippen molar-refractivity contribution in [3.05, 3.63) is 58.3 Å². The first-order valence-corrected chi connectivity index (χ1v) is 7.75. The zero-order valence-electron chi connectivity index (χ0n) is 12.3. The average molecular weight is 303 g/mol. The molecule has 2 unspecified atom stereocenters. The van der Waals surface area contributed by atoms with Crippen LogP contribution >= 0.6 is 11.3 Å². The number of nitrogens with two attached hydrogens (primary N) is 1. The van der Waals surface area contributed by atoms with E-state index in [1.54, 1.807) is 0 Å². The van der Waals surface area contributed by atoms with Gasteiger partial charge in [0.25, 0.3) is 0 Å². The third-order valence-corrected chi connectivity index (χ3v) is 4.15. The average Bonchev–Trinajstić information content (AvgIpc) is 3.00. The minimum atomic E-state index is -0.613. The van der Waals surface area contributed by atoms with Gasteiger partial charge in [-0.05, 0) is 31.1 Å². The number of rotatable bonds is 6. The maximum atomic E-state index is 12.4. The van der Waals surface area contributed by atoms with Crippen LogP contribution in [0.2, 0.25) is 0 Å². The van der Waals surface area contributed by atoms with Gasteiger partial charge in [-0.2, -0.15) is 0 Å². The summed E-state index contributed by atoms with van der Waals surface area (Å²) in [6, 6.07) is 13.1. The largest absolute Gasteiger partial charge is 0.346 e. The van der Waals surface area contributed by atoms with Crippen molar-refractivity contribution in [2.45, 2.75) is 12.1 Å². The molecule has 0 radical (unpaired) electrons. The van der Waals surface area contributed by atoms with Gasteiger partial charge in [-0.15, -0.1) is 11.3 Å². The standard InChI is InChI=1S/C16H21N3OS/c1-19(2)11-13(12-7-4-3-5-8-12)18-16(20)15(17)14-9-6-10-21-14/h3-10,13,15H,11,17H2,1-2H3,(H,18,20). The number of benzene rings is 1. The molecule has 2 rings (SSSR count). The minimum Gasteiger partial charge on any atom is -0.346 e. The number of hydrogen-bond donors (Lipinski definition) is 2. The van der Waals surface area contributed by atoms with Crippen molar-refractivity contribution in [1.29, 1.82) is 0 Å². The number of amides is 1. The van der Waals surface area contributed by atoms with E-state index >= 15 is 0 Å². The van der Waals surface area contributed by atoms with E-state index in [9.17, 15) is 4.79 Å². The summed E-state index contributed by atoms with van der Waals surface area (Å²) in [5.74, 6) is -0.145. The lowest BCUT2D eigenvalue weighted by molar-refractivity contribution is -0.123. The Hall–Kier alpha value is -1.69. The van der Waals surface area contributed by atoms with E-state index in [0.29, 0.717) is 0 Å². The van der Waals surface area contributed by atoms with Gasteiger partial charge < -0.3 is 16.0 Å². The predicted octanol–water partition coefficient (Wildman–Crippen LogP) is 2.17. The fraction of sp³-hybridized carbons (Fsp3) is 0.312. The first kappa shape index (κ1) is 15.7. The van der Waals surface area contributed by atoms with Crippen LogP contribution in [0, 0.1) is 0 Å². The van der Waals surface area contributed by atoms with Crippen LogP contribution in [0.1, 0.15) is 22.5 Å². The molecule has 2 atom stereocenters. The van der Waals surface area contributed by atoms with Crippen molar-refractivity contribution in [2.75, 3.05) is 20.6 Å². The summed E-state index contributed by atoms with van der Waals surface area (Å²) in [6.07, 6.45) is 0. The highest BCUT2D eigenvalue weighted by atomic mass is 32.1. The Balaban J connectivity index is 2.10. The van der Waals surface area contributed by atoms with Crippen LogP contribution in [0.25, 0.3) is 0 Å². The summed E-state index contributed by atoms with van der Waals surface area (Å²) in [4.78, 5) is 15.3. The third kappa shape index (κ3) is 4.39. The number of hydrogen-bond acceptors (Lipinski definition) is 4. The molecule has 0 aliphatic carbocycles. The lowest BCUT2D eigenvalue weighted by Gasteiger charge is -2.24. The van der Waals surface area contributed by atoms with E-state index in [0.717, 1.165) is 17.0 Å². The van der Waals surface area contributed by atoms with Gasteiger partial charge in [-0.1, -0.05) is 36.4 Å². The zero-order chi connectivity index (χ0) is 15.2. The van der Waals surface area contributed by atoms with E-state index in [4.69, 9.17) is 5.73 Å². The highest BCUT2D eigenvalue weighted by Gasteiger charge is 2.21. The Morgan fingerprint density at radius 2 is 1.95 bits per heavy atom. The summed E-state index contributed by atoms with van der Waals surface area (Å²) in [7, 11) is 3.97. The van der Waals surface area contributed by atoms with Crippen LogP contribution in [-0.4, -0.2) is 31.4 Å². The number of carbonyl (C=O) groups excluding carboxylic acids is 1. The molecule has 112 valence electrons. The molecule has 1 amide bonds. The Morgan fingerprint density at radius 3 is 2.52 bits per heavy atom. The maximum absolute atomic E-state index is 12.4. The first-order chi connectivity index (χ1) is 10.1. The molecule has 4 nitrogen and oxygen atoms in total. The molecule has 0 aliphatic heterocycles. The second-order valence-corrected chi connectivity index (χ2v) is 6.21. The summed E-state index contributed by atoms with van der Waals surface area (Å²) >= 11 is 1.50. The van der Waals surface area contributed by atoms with Gasteiger partial charge in [0.15, 0.2) is 0 Å². The molecular formula is C16H21N3OS. The van der Waals surface area contributed by atoms with E-state index in [1.165, 1.54) is 11.3 Å². The summed E-state index contributed by atoms with van der Waals surface area (Å²) in [5.41, 5.74) is 7.11. The Labute approximate surface area is 129 Å². The quantitative estimate of drug-likeness (QED) is 0.860. The molecule has 0 bridgehead atoms. The molecule has 2 aromatic rings. The lowest BCUT2D eigenvalue weighted by Crippen LogP contribution is -2.40. The van der Waals surface area contributed by atoms with Gasteiger partial charge in [-0.25, -0.2) is 0 Å². The molecule has 3 N–H and O–H groups in total. The molecule has 0 saturated heterocycles. The van der Waals surface area contributed by atoms with Crippen molar-refractivity contribution >= 4 is 17.2 Å². The molecule has 5 heteroatoms. The van der Waals surface area contributed by atoms with E-state index in [2.05, 4.69) is 10.2 Å². The Bertz CT molecular complexity index is 554. The van der Waals surface area contributed by atoms with Crippen LogP contribution in [0.4, 0.5) is 0 Å². The predicted molar refractivity (Wildman–Crippen MR) is 87.1 cm³/mol. The molecule has 0 saturated carbocycles. The van der Waals surface area contributed by atoms with Crippen LogP contribution in [0.3, 0.4) is 0 Å². The first-order valence-electron chi connectivity index (χ1n) is 6.87. The van der Waals surface area contributed by atoms with Crippen molar-refractivity contribution in [3.8, 4) is 0 Å². The Kier molecular flexibility index (Phi) is 5.50. The SMILES string of the molecule is CN(C)CC(NC(=O)C(N)c1cccs1)c1ccccc1. The molecule has 0 aliphatic rings. The number of carbonyl (C=O) groups is 1. The molecular weight excluding hydrogens is 282 g/mol.